The van der Waals surface area contributed by atoms with Gasteiger partial charge < -0.3 is 15.4 Å². The largest absolute Gasteiger partial charge is 0.444 e. The molecule has 1 aromatic rings. The molecule has 1 atom stereocenters. The van der Waals surface area contributed by atoms with Crippen LogP contribution in [0.25, 0.3) is 0 Å². The van der Waals surface area contributed by atoms with Crippen LogP contribution in [0, 0.1) is 0 Å². The van der Waals surface area contributed by atoms with Crippen LogP contribution in [0.3, 0.4) is 0 Å². The summed E-state index contributed by atoms with van der Waals surface area (Å²) in [6, 6.07) is 5.46. The first-order valence-electron chi connectivity index (χ1n) is 6.82. The number of rotatable bonds is 5. The molecular formula is C15H22Cl2N2O2. The number of carbonyl (C=O) groups is 1. The van der Waals surface area contributed by atoms with E-state index in [1.165, 1.54) is 0 Å². The first-order chi connectivity index (χ1) is 9.69. The molecule has 0 aliphatic heterocycles. The van der Waals surface area contributed by atoms with Crippen molar-refractivity contribution in [3.05, 3.63) is 33.8 Å². The van der Waals surface area contributed by atoms with E-state index >= 15 is 0 Å². The summed E-state index contributed by atoms with van der Waals surface area (Å²) in [5.41, 5.74) is 0.430. The molecule has 0 bridgehead atoms. The first kappa shape index (κ1) is 18.1. The van der Waals surface area contributed by atoms with Crippen molar-refractivity contribution < 1.29 is 9.53 Å². The molecule has 118 valence electrons. The minimum atomic E-state index is -0.494. The van der Waals surface area contributed by atoms with Gasteiger partial charge in [0, 0.05) is 19.1 Å². The quantitative estimate of drug-likeness (QED) is 0.856. The van der Waals surface area contributed by atoms with Gasteiger partial charge in [0.25, 0.3) is 0 Å². The fourth-order valence-corrected chi connectivity index (χ4v) is 2.06. The summed E-state index contributed by atoms with van der Waals surface area (Å²) in [4.78, 5) is 11.6. The van der Waals surface area contributed by atoms with E-state index in [1.807, 2.05) is 39.8 Å². The second-order valence-electron chi connectivity index (χ2n) is 5.89. The maximum Gasteiger partial charge on any atom is 0.407 e. The molecule has 0 saturated heterocycles. The van der Waals surface area contributed by atoms with Crippen LogP contribution >= 0.6 is 23.2 Å². The van der Waals surface area contributed by atoms with E-state index < -0.39 is 11.7 Å². The molecule has 0 spiro atoms. The topological polar surface area (TPSA) is 50.4 Å². The lowest BCUT2D eigenvalue weighted by Crippen LogP contribution is -2.42. The van der Waals surface area contributed by atoms with Gasteiger partial charge in [-0.1, -0.05) is 35.3 Å². The van der Waals surface area contributed by atoms with E-state index in [4.69, 9.17) is 27.9 Å². The number of amides is 1. The maximum atomic E-state index is 11.6. The normalized spacial score (nSPS) is 12.9. The maximum absolute atomic E-state index is 11.6. The third kappa shape index (κ3) is 7.02. The van der Waals surface area contributed by atoms with E-state index in [0.29, 0.717) is 23.1 Å². The lowest BCUT2D eigenvalue weighted by molar-refractivity contribution is 0.0508. The monoisotopic (exact) mass is 332 g/mol. The Labute approximate surface area is 136 Å². The number of ether oxygens (including phenoxy) is 1. The third-order valence-electron chi connectivity index (χ3n) is 2.56. The Hall–Kier alpha value is -0.970. The zero-order valence-corrected chi connectivity index (χ0v) is 14.3. The highest BCUT2D eigenvalue weighted by Gasteiger charge is 2.17. The minimum Gasteiger partial charge on any atom is -0.444 e. The molecule has 0 fully saturated rings. The zero-order valence-electron chi connectivity index (χ0n) is 12.8. The lowest BCUT2D eigenvalue weighted by Gasteiger charge is -2.22. The molecule has 6 heteroatoms. The molecule has 0 radical (unpaired) electrons. The van der Waals surface area contributed by atoms with Crippen molar-refractivity contribution in [3.8, 4) is 0 Å². The van der Waals surface area contributed by atoms with Crippen LogP contribution in [0.1, 0.15) is 33.3 Å². The Balaban J connectivity index is 2.35. The van der Waals surface area contributed by atoms with Crippen LogP contribution in [0.15, 0.2) is 18.2 Å². The fourth-order valence-electron chi connectivity index (χ4n) is 1.67. The summed E-state index contributed by atoms with van der Waals surface area (Å²) in [7, 11) is 0. The number of carbonyl (C=O) groups excluding carboxylic acids is 1. The van der Waals surface area contributed by atoms with Crippen molar-refractivity contribution in [1.82, 2.24) is 10.6 Å². The second-order valence-corrected chi connectivity index (χ2v) is 6.68. The fraction of sp³-hybridized carbons (Fsp3) is 0.533. The number of hydrogen-bond donors (Lipinski definition) is 2. The van der Waals surface area contributed by atoms with Gasteiger partial charge in [0.05, 0.1) is 10.0 Å². The van der Waals surface area contributed by atoms with Crippen molar-refractivity contribution in [3.63, 3.8) is 0 Å². The Morgan fingerprint density at radius 1 is 1.33 bits per heavy atom. The predicted octanol–water partition coefficient (Wildman–Crippen LogP) is 4.00. The zero-order chi connectivity index (χ0) is 16.0. The lowest BCUT2D eigenvalue weighted by atomic mass is 10.2. The van der Waals surface area contributed by atoms with Crippen molar-refractivity contribution in [2.75, 3.05) is 6.54 Å². The number of nitrogens with one attached hydrogen (secondary N) is 2. The van der Waals surface area contributed by atoms with Gasteiger partial charge in [0.1, 0.15) is 5.60 Å². The standard InChI is InChI=1S/C15H22Cl2N2O2/c1-10(19-14(20)21-15(2,3)4)8-18-9-11-6-5-7-12(16)13(11)17/h5-7,10,18H,8-9H2,1-4H3,(H,19,20). The molecule has 1 rings (SSSR count). The minimum absolute atomic E-state index is 0.0576. The van der Waals surface area contributed by atoms with Crippen LogP contribution in [0.2, 0.25) is 10.0 Å². The van der Waals surface area contributed by atoms with Crippen molar-refractivity contribution in [1.29, 1.82) is 0 Å². The van der Waals surface area contributed by atoms with Gasteiger partial charge in [0.2, 0.25) is 0 Å². The smallest absolute Gasteiger partial charge is 0.407 e. The van der Waals surface area contributed by atoms with Gasteiger partial charge in [-0.3, -0.25) is 0 Å². The predicted molar refractivity (Wildman–Crippen MR) is 87.0 cm³/mol. The van der Waals surface area contributed by atoms with Crippen molar-refractivity contribution in [2.45, 2.75) is 45.9 Å². The van der Waals surface area contributed by atoms with Crippen LogP contribution in [0.5, 0.6) is 0 Å². The average Bonchev–Trinajstić information content (AvgIpc) is 2.32. The number of halogens is 2. The molecule has 1 amide bonds. The van der Waals surface area contributed by atoms with Gasteiger partial charge in [0.15, 0.2) is 0 Å². The first-order valence-corrected chi connectivity index (χ1v) is 7.58. The molecule has 21 heavy (non-hydrogen) atoms. The van der Waals surface area contributed by atoms with E-state index in [0.717, 1.165) is 5.56 Å². The van der Waals surface area contributed by atoms with Crippen LogP contribution in [-0.2, 0) is 11.3 Å². The molecule has 1 unspecified atom stereocenters. The summed E-state index contributed by atoms with van der Waals surface area (Å²) in [5.74, 6) is 0. The summed E-state index contributed by atoms with van der Waals surface area (Å²) in [5, 5.41) is 7.08. The van der Waals surface area contributed by atoms with Gasteiger partial charge in [-0.25, -0.2) is 4.79 Å². The number of alkyl carbamates (subject to hydrolysis) is 1. The van der Waals surface area contributed by atoms with Crippen LogP contribution in [-0.4, -0.2) is 24.3 Å². The van der Waals surface area contributed by atoms with Crippen molar-refractivity contribution in [2.24, 2.45) is 0 Å². The highest BCUT2D eigenvalue weighted by Crippen LogP contribution is 2.25. The summed E-state index contributed by atoms with van der Waals surface area (Å²) in [6.07, 6.45) is -0.419. The number of hydrogen-bond acceptors (Lipinski definition) is 3. The third-order valence-corrected chi connectivity index (χ3v) is 3.42. The van der Waals surface area contributed by atoms with Gasteiger partial charge in [-0.05, 0) is 39.3 Å². The second kappa shape index (κ2) is 7.87. The molecule has 0 aliphatic rings. The highest BCUT2D eigenvalue weighted by molar-refractivity contribution is 6.42. The summed E-state index contributed by atoms with van der Waals surface area (Å²) >= 11 is 12.1. The molecule has 0 aromatic heterocycles. The Morgan fingerprint density at radius 3 is 2.62 bits per heavy atom. The van der Waals surface area contributed by atoms with E-state index in [9.17, 15) is 4.79 Å². The van der Waals surface area contributed by atoms with Gasteiger partial charge >= 0.3 is 6.09 Å². The Bertz CT molecular complexity index is 487. The van der Waals surface area contributed by atoms with Gasteiger partial charge in [-0.15, -0.1) is 0 Å². The van der Waals surface area contributed by atoms with Crippen LogP contribution in [0.4, 0.5) is 4.79 Å². The molecular weight excluding hydrogens is 311 g/mol. The van der Waals surface area contributed by atoms with E-state index in [1.54, 1.807) is 6.07 Å². The molecule has 1 aromatic carbocycles. The Kier molecular flexibility index (Phi) is 6.78. The molecule has 0 heterocycles. The van der Waals surface area contributed by atoms with E-state index in [-0.39, 0.29) is 6.04 Å². The summed E-state index contributed by atoms with van der Waals surface area (Å²) in [6.45, 7) is 8.57. The van der Waals surface area contributed by atoms with E-state index in [2.05, 4.69) is 10.6 Å². The van der Waals surface area contributed by atoms with Gasteiger partial charge in [-0.2, -0.15) is 0 Å². The number of benzene rings is 1. The molecule has 4 nitrogen and oxygen atoms in total. The summed E-state index contributed by atoms with van der Waals surface area (Å²) < 4.78 is 5.19. The molecule has 0 aliphatic carbocycles. The van der Waals surface area contributed by atoms with Crippen molar-refractivity contribution >= 4 is 29.3 Å². The Morgan fingerprint density at radius 2 is 2.00 bits per heavy atom. The SMILES string of the molecule is CC(CNCc1cccc(Cl)c1Cl)NC(=O)OC(C)(C)C. The molecule has 0 saturated carbocycles. The highest BCUT2D eigenvalue weighted by atomic mass is 35.5. The van der Waals surface area contributed by atoms with Crippen LogP contribution < -0.4 is 10.6 Å². The average molecular weight is 333 g/mol. The molecule has 2 N–H and O–H groups in total.